The zero-order chi connectivity index (χ0) is 11.5. The minimum absolute atomic E-state index is 0.532. The van der Waals surface area contributed by atoms with E-state index in [0.29, 0.717) is 6.10 Å². The minimum Gasteiger partial charge on any atom is -0.381 e. The second-order valence-electron chi connectivity index (χ2n) is 6.05. The third kappa shape index (κ3) is 2.98. The maximum Gasteiger partial charge on any atom is 0.0601 e. The first-order valence-corrected chi connectivity index (χ1v) is 6.98. The summed E-state index contributed by atoms with van der Waals surface area (Å²) in [7, 11) is 1.83. The van der Waals surface area contributed by atoms with Gasteiger partial charge in [0, 0.05) is 19.2 Å². The normalized spacial score (nSPS) is 39.8. The largest absolute Gasteiger partial charge is 0.381 e. The van der Waals surface area contributed by atoms with E-state index in [4.69, 9.17) is 4.74 Å². The third-order valence-corrected chi connectivity index (χ3v) is 4.61. The fraction of sp³-hybridized carbons (Fsp3) is 1.00. The Balaban J connectivity index is 1.63. The molecule has 0 atom stereocenters. The summed E-state index contributed by atoms with van der Waals surface area (Å²) in [4.78, 5) is 0. The molecule has 0 bridgehead atoms. The van der Waals surface area contributed by atoms with Gasteiger partial charge in [-0.15, -0.1) is 0 Å². The summed E-state index contributed by atoms with van der Waals surface area (Å²) < 4.78 is 5.31. The van der Waals surface area contributed by atoms with Crippen LogP contribution >= 0.6 is 0 Å². The fourth-order valence-corrected chi connectivity index (χ4v) is 3.18. The number of methoxy groups -OCH3 is 1. The van der Waals surface area contributed by atoms with Crippen LogP contribution in [0.15, 0.2) is 0 Å². The van der Waals surface area contributed by atoms with E-state index in [0.717, 1.165) is 23.9 Å². The molecule has 2 fully saturated rings. The van der Waals surface area contributed by atoms with Crippen molar-refractivity contribution < 1.29 is 4.74 Å². The molecule has 94 valence electrons. The van der Waals surface area contributed by atoms with Crippen molar-refractivity contribution in [3.05, 3.63) is 0 Å². The molecule has 0 aliphatic heterocycles. The van der Waals surface area contributed by atoms with Gasteiger partial charge in [0.05, 0.1) is 6.10 Å². The Morgan fingerprint density at radius 2 is 1.62 bits per heavy atom. The summed E-state index contributed by atoms with van der Waals surface area (Å²) in [5.41, 5.74) is 0. The van der Waals surface area contributed by atoms with E-state index in [1.165, 1.54) is 38.5 Å². The SMILES string of the molecule is COC1CC(NC2CCC(C(C)C)CC2)C1. The summed E-state index contributed by atoms with van der Waals surface area (Å²) >= 11 is 0. The van der Waals surface area contributed by atoms with Crippen LogP contribution in [0.5, 0.6) is 0 Å². The predicted octanol–water partition coefficient (Wildman–Crippen LogP) is 2.97. The lowest BCUT2D eigenvalue weighted by atomic mass is 9.78. The highest BCUT2D eigenvalue weighted by Crippen LogP contribution is 2.31. The van der Waals surface area contributed by atoms with Gasteiger partial charge in [-0.3, -0.25) is 0 Å². The average molecular weight is 225 g/mol. The maximum atomic E-state index is 5.31. The van der Waals surface area contributed by atoms with Gasteiger partial charge in [0.2, 0.25) is 0 Å². The Labute approximate surface area is 100 Å². The molecule has 2 aliphatic carbocycles. The quantitative estimate of drug-likeness (QED) is 0.794. The third-order valence-electron chi connectivity index (χ3n) is 4.61. The van der Waals surface area contributed by atoms with Crippen LogP contribution in [0.3, 0.4) is 0 Å². The molecule has 2 nitrogen and oxygen atoms in total. The fourth-order valence-electron chi connectivity index (χ4n) is 3.18. The lowest BCUT2D eigenvalue weighted by Crippen LogP contribution is -2.50. The predicted molar refractivity (Wildman–Crippen MR) is 67.5 cm³/mol. The summed E-state index contributed by atoms with van der Waals surface area (Å²) in [6.45, 7) is 4.74. The van der Waals surface area contributed by atoms with Crippen LogP contribution in [-0.2, 0) is 4.74 Å². The molecule has 0 radical (unpaired) electrons. The topological polar surface area (TPSA) is 21.3 Å². The van der Waals surface area contributed by atoms with E-state index >= 15 is 0 Å². The van der Waals surface area contributed by atoms with Crippen LogP contribution < -0.4 is 5.32 Å². The molecule has 2 saturated carbocycles. The summed E-state index contributed by atoms with van der Waals surface area (Å²) in [6.07, 6.45) is 8.60. The minimum atomic E-state index is 0.532. The van der Waals surface area contributed by atoms with Gasteiger partial charge in [0.25, 0.3) is 0 Å². The van der Waals surface area contributed by atoms with Gasteiger partial charge in [-0.1, -0.05) is 13.8 Å². The van der Waals surface area contributed by atoms with Gasteiger partial charge in [0.1, 0.15) is 0 Å². The molecule has 0 amide bonds. The Kier molecular flexibility index (Phi) is 4.26. The number of ether oxygens (including phenoxy) is 1. The van der Waals surface area contributed by atoms with Gasteiger partial charge >= 0.3 is 0 Å². The Hall–Kier alpha value is -0.0800. The molecule has 0 unspecified atom stereocenters. The molecule has 0 saturated heterocycles. The zero-order valence-corrected chi connectivity index (χ0v) is 11.0. The van der Waals surface area contributed by atoms with Crippen molar-refractivity contribution >= 4 is 0 Å². The summed E-state index contributed by atoms with van der Waals surface area (Å²) in [6, 6.07) is 1.53. The Morgan fingerprint density at radius 3 is 2.12 bits per heavy atom. The molecule has 16 heavy (non-hydrogen) atoms. The lowest BCUT2D eigenvalue weighted by molar-refractivity contribution is 0.0118. The standard InChI is InChI=1S/C14H27NO/c1-10(2)11-4-6-12(7-5-11)15-13-8-14(9-13)16-3/h10-15H,4-9H2,1-3H3. The van der Waals surface area contributed by atoms with Gasteiger partial charge in [0.15, 0.2) is 0 Å². The van der Waals surface area contributed by atoms with Crippen LogP contribution in [-0.4, -0.2) is 25.3 Å². The second kappa shape index (κ2) is 5.50. The molecule has 0 aromatic heterocycles. The molecule has 0 aromatic carbocycles. The van der Waals surface area contributed by atoms with E-state index in [1.54, 1.807) is 0 Å². The molecule has 0 heterocycles. The molecular weight excluding hydrogens is 198 g/mol. The van der Waals surface area contributed by atoms with E-state index in [2.05, 4.69) is 19.2 Å². The van der Waals surface area contributed by atoms with Crippen molar-refractivity contribution in [3.8, 4) is 0 Å². The van der Waals surface area contributed by atoms with Gasteiger partial charge in [-0.25, -0.2) is 0 Å². The maximum absolute atomic E-state index is 5.31. The van der Waals surface area contributed by atoms with Crippen molar-refractivity contribution in [2.45, 2.75) is 70.6 Å². The lowest BCUT2D eigenvalue weighted by Gasteiger charge is -2.40. The first kappa shape index (κ1) is 12.4. The van der Waals surface area contributed by atoms with Crippen molar-refractivity contribution in [1.29, 1.82) is 0 Å². The number of rotatable bonds is 4. The molecule has 2 aliphatic rings. The van der Waals surface area contributed by atoms with Crippen LogP contribution in [0.2, 0.25) is 0 Å². The zero-order valence-electron chi connectivity index (χ0n) is 11.0. The van der Waals surface area contributed by atoms with Crippen LogP contribution in [0, 0.1) is 11.8 Å². The number of hydrogen-bond donors (Lipinski definition) is 1. The summed E-state index contributed by atoms with van der Waals surface area (Å²) in [5, 5.41) is 3.80. The van der Waals surface area contributed by atoms with Gasteiger partial charge in [-0.05, 0) is 50.4 Å². The highest BCUT2D eigenvalue weighted by atomic mass is 16.5. The first-order chi connectivity index (χ1) is 7.69. The number of hydrogen-bond acceptors (Lipinski definition) is 2. The van der Waals surface area contributed by atoms with Crippen molar-refractivity contribution in [3.63, 3.8) is 0 Å². The van der Waals surface area contributed by atoms with Crippen molar-refractivity contribution in [2.24, 2.45) is 11.8 Å². The van der Waals surface area contributed by atoms with Crippen molar-refractivity contribution in [2.75, 3.05) is 7.11 Å². The van der Waals surface area contributed by atoms with E-state index in [-0.39, 0.29) is 0 Å². The Bertz CT molecular complexity index is 203. The smallest absolute Gasteiger partial charge is 0.0601 e. The van der Waals surface area contributed by atoms with Crippen LogP contribution in [0.25, 0.3) is 0 Å². The average Bonchev–Trinajstić information content (AvgIpc) is 2.23. The molecular formula is C14H27NO. The second-order valence-corrected chi connectivity index (χ2v) is 6.05. The summed E-state index contributed by atoms with van der Waals surface area (Å²) in [5.74, 6) is 1.86. The van der Waals surface area contributed by atoms with Gasteiger partial charge in [-0.2, -0.15) is 0 Å². The Morgan fingerprint density at radius 1 is 1.00 bits per heavy atom. The molecule has 0 aromatic rings. The van der Waals surface area contributed by atoms with Crippen LogP contribution in [0.1, 0.15) is 52.4 Å². The van der Waals surface area contributed by atoms with E-state index < -0.39 is 0 Å². The van der Waals surface area contributed by atoms with E-state index in [9.17, 15) is 0 Å². The van der Waals surface area contributed by atoms with E-state index in [1.807, 2.05) is 7.11 Å². The molecule has 0 spiro atoms. The molecule has 2 rings (SSSR count). The monoisotopic (exact) mass is 225 g/mol. The highest BCUT2D eigenvalue weighted by Gasteiger charge is 2.32. The molecule has 2 heteroatoms. The number of nitrogens with one attached hydrogen (secondary N) is 1. The highest BCUT2D eigenvalue weighted by molar-refractivity contribution is 4.89. The van der Waals surface area contributed by atoms with Gasteiger partial charge < -0.3 is 10.1 Å². The first-order valence-electron chi connectivity index (χ1n) is 6.98. The molecule has 1 N–H and O–H groups in total. The van der Waals surface area contributed by atoms with Crippen molar-refractivity contribution in [1.82, 2.24) is 5.32 Å². The van der Waals surface area contributed by atoms with Crippen LogP contribution in [0.4, 0.5) is 0 Å².